The third-order valence-electron chi connectivity index (χ3n) is 4.87. The van der Waals surface area contributed by atoms with Gasteiger partial charge in [0.1, 0.15) is 0 Å². The lowest BCUT2D eigenvalue weighted by molar-refractivity contribution is -0.131. The number of carbonyl (C=O) groups is 1. The van der Waals surface area contributed by atoms with E-state index in [2.05, 4.69) is 29.6 Å². The summed E-state index contributed by atoms with van der Waals surface area (Å²) in [6.45, 7) is 3.33. The molecule has 1 heterocycles. The number of benzene rings is 1. The van der Waals surface area contributed by atoms with Crippen LogP contribution < -0.4 is 5.32 Å². The number of nitrogens with one attached hydrogen (secondary N) is 1. The lowest BCUT2D eigenvalue weighted by Gasteiger charge is -2.28. The van der Waals surface area contributed by atoms with Crippen LogP contribution in [0.2, 0.25) is 0 Å². The molecule has 1 amide bonds. The molecule has 3 nitrogen and oxygen atoms in total. The second-order valence-electron chi connectivity index (χ2n) is 6.36. The van der Waals surface area contributed by atoms with Crippen LogP contribution in [0.5, 0.6) is 0 Å². The molecule has 2 aliphatic rings. The van der Waals surface area contributed by atoms with Crippen molar-refractivity contribution in [2.75, 3.05) is 26.2 Å². The highest BCUT2D eigenvalue weighted by atomic mass is 16.2. The van der Waals surface area contributed by atoms with Crippen molar-refractivity contribution in [1.29, 1.82) is 0 Å². The zero-order valence-electron chi connectivity index (χ0n) is 12.8. The van der Waals surface area contributed by atoms with Gasteiger partial charge in [-0.1, -0.05) is 24.3 Å². The predicted molar refractivity (Wildman–Crippen MR) is 85.4 cm³/mol. The Morgan fingerprint density at radius 1 is 1.14 bits per heavy atom. The van der Waals surface area contributed by atoms with E-state index in [9.17, 15) is 4.79 Å². The molecule has 1 aliphatic heterocycles. The van der Waals surface area contributed by atoms with Crippen LogP contribution in [0.4, 0.5) is 0 Å². The molecule has 1 saturated heterocycles. The number of rotatable bonds is 4. The zero-order chi connectivity index (χ0) is 14.5. The SMILES string of the molecule is O=C(CNCC1CCCc2ccccc21)N1CCCCC1. The van der Waals surface area contributed by atoms with Crippen LogP contribution in [-0.4, -0.2) is 37.0 Å². The van der Waals surface area contributed by atoms with E-state index >= 15 is 0 Å². The summed E-state index contributed by atoms with van der Waals surface area (Å²) < 4.78 is 0. The van der Waals surface area contributed by atoms with Crippen molar-refractivity contribution in [2.24, 2.45) is 0 Å². The van der Waals surface area contributed by atoms with E-state index in [0.29, 0.717) is 12.5 Å². The van der Waals surface area contributed by atoms with E-state index in [1.54, 1.807) is 0 Å². The van der Waals surface area contributed by atoms with E-state index in [4.69, 9.17) is 0 Å². The minimum Gasteiger partial charge on any atom is -0.342 e. The normalized spacial score (nSPS) is 21.9. The Hall–Kier alpha value is -1.35. The third-order valence-corrected chi connectivity index (χ3v) is 4.87. The van der Waals surface area contributed by atoms with Crippen molar-refractivity contribution >= 4 is 5.91 Å². The first-order valence-corrected chi connectivity index (χ1v) is 8.41. The number of nitrogens with zero attached hydrogens (tertiary/aromatic N) is 1. The van der Waals surface area contributed by atoms with Crippen LogP contribution in [0.1, 0.15) is 49.1 Å². The van der Waals surface area contributed by atoms with Crippen LogP contribution in [0.25, 0.3) is 0 Å². The molecule has 0 bridgehead atoms. The standard InChI is InChI=1S/C18H26N2O/c21-18(20-11-4-1-5-12-20)14-19-13-16-9-6-8-15-7-2-3-10-17(15)16/h2-3,7,10,16,19H,1,4-6,8-9,11-14H2. The average Bonchev–Trinajstić information content (AvgIpc) is 2.56. The topological polar surface area (TPSA) is 32.3 Å². The number of likely N-dealkylation sites (tertiary alicyclic amines) is 1. The molecule has 3 heteroatoms. The van der Waals surface area contributed by atoms with Gasteiger partial charge in [0.2, 0.25) is 5.91 Å². The minimum atomic E-state index is 0.277. The van der Waals surface area contributed by atoms with Gasteiger partial charge < -0.3 is 10.2 Å². The molecular formula is C18H26N2O. The zero-order valence-corrected chi connectivity index (χ0v) is 12.8. The second kappa shape index (κ2) is 7.08. The first kappa shape index (κ1) is 14.6. The highest BCUT2D eigenvalue weighted by molar-refractivity contribution is 5.78. The van der Waals surface area contributed by atoms with E-state index in [1.807, 2.05) is 4.90 Å². The summed E-state index contributed by atoms with van der Waals surface area (Å²) in [5.41, 5.74) is 2.99. The highest BCUT2D eigenvalue weighted by Crippen LogP contribution is 2.30. The van der Waals surface area contributed by atoms with Gasteiger partial charge in [-0.05, 0) is 55.6 Å². The Bertz CT molecular complexity index is 480. The molecule has 0 saturated carbocycles. The van der Waals surface area contributed by atoms with Crippen LogP contribution in [0, 0.1) is 0 Å². The van der Waals surface area contributed by atoms with Gasteiger partial charge in [0.25, 0.3) is 0 Å². The van der Waals surface area contributed by atoms with Gasteiger partial charge >= 0.3 is 0 Å². The maximum absolute atomic E-state index is 12.1. The summed E-state index contributed by atoms with van der Waals surface area (Å²) in [4.78, 5) is 14.2. The lowest BCUT2D eigenvalue weighted by Crippen LogP contribution is -2.42. The molecule has 1 fully saturated rings. The number of amides is 1. The van der Waals surface area contributed by atoms with E-state index in [1.165, 1.54) is 49.7 Å². The van der Waals surface area contributed by atoms with Crippen LogP contribution in [0.15, 0.2) is 24.3 Å². The fourth-order valence-corrected chi connectivity index (χ4v) is 3.68. The summed E-state index contributed by atoms with van der Waals surface area (Å²) in [6.07, 6.45) is 7.32. The summed E-state index contributed by atoms with van der Waals surface area (Å²) in [7, 11) is 0. The van der Waals surface area contributed by atoms with Crippen molar-refractivity contribution in [2.45, 2.75) is 44.4 Å². The number of carbonyl (C=O) groups excluding carboxylic acids is 1. The molecule has 1 unspecified atom stereocenters. The Balaban J connectivity index is 1.48. The second-order valence-corrected chi connectivity index (χ2v) is 6.36. The summed E-state index contributed by atoms with van der Waals surface area (Å²) in [6, 6.07) is 8.78. The number of piperidine rings is 1. The number of hydrogen-bond acceptors (Lipinski definition) is 2. The molecule has 1 aromatic rings. The minimum absolute atomic E-state index is 0.277. The molecule has 1 aliphatic carbocycles. The molecule has 1 N–H and O–H groups in total. The number of hydrogen-bond donors (Lipinski definition) is 1. The van der Waals surface area contributed by atoms with Crippen LogP contribution in [0.3, 0.4) is 0 Å². The van der Waals surface area contributed by atoms with E-state index < -0.39 is 0 Å². The lowest BCUT2D eigenvalue weighted by atomic mass is 9.83. The van der Waals surface area contributed by atoms with Gasteiger partial charge in [0.15, 0.2) is 0 Å². The molecule has 1 atom stereocenters. The molecule has 0 radical (unpaired) electrons. The fraction of sp³-hybridized carbons (Fsp3) is 0.611. The molecule has 0 aromatic heterocycles. The Labute approximate surface area is 127 Å². The largest absolute Gasteiger partial charge is 0.342 e. The van der Waals surface area contributed by atoms with Gasteiger partial charge in [0, 0.05) is 19.6 Å². The summed E-state index contributed by atoms with van der Waals surface area (Å²) >= 11 is 0. The predicted octanol–water partition coefficient (Wildman–Crippen LogP) is 2.71. The van der Waals surface area contributed by atoms with Crippen LogP contribution >= 0.6 is 0 Å². The third kappa shape index (κ3) is 3.65. The van der Waals surface area contributed by atoms with Crippen LogP contribution in [-0.2, 0) is 11.2 Å². The number of aryl methyl sites for hydroxylation is 1. The highest BCUT2D eigenvalue weighted by Gasteiger charge is 2.20. The van der Waals surface area contributed by atoms with Crippen molar-refractivity contribution in [3.05, 3.63) is 35.4 Å². The maximum Gasteiger partial charge on any atom is 0.236 e. The van der Waals surface area contributed by atoms with Crippen molar-refractivity contribution in [3.8, 4) is 0 Å². The maximum atomic E-state index is 12.1. The van der Waals surface area contributed by atoms with Gasteiger partial charge in [-0.3, -0.25) is 4.79 Å². The first-order valence-electron chi connectivity index (χ1n) is 8.41. The average molecular weight is 286 g/mol. The Morgan fingerprint density at radius 3 is 2.81 bits per heavy atom. The molecule has 0 spiro atoms. The number of fused-ring (bicyclic) bond motifs is 1. The molecule has 1 aromatic carbocycles. The van der Waals surface area contributed by atoms with Crippen molar-refractivity contribution in [3.63, 3.8) is 0 Å². The van der Waals surface area contributed by atoms with E-state index in [-0.39, 0.29) is 5.91 Å². The van der Waals surface area contributed by atoms with Gasteiger partial charge in [0.05, 0.1) is 6.54 Å². The summed E-state index contributed by atoms with van der Waals surface area (Å²) in [5, 5.41) is 3.40. The Morgan fingerprint density at radius 2 is 1.95 bits per heavy atom. The van der Waals surface area contributed by atoms with E-state index in [0.717, 1.165) is 19.6 Å². The molecule has 114 valence electrons. The fourth-order valence-electron chi connectivity index (χ4n) is 3.68. The molecule has 21 heavy (non-hydrogen) atoms. The van der Waals surface area contributed by atoms with Gasteiger partial charge in [-0.2, -0.15) is 0 Å². The van der Waals surface area contributed by atoms with Crippen molar-refractivity contribution < 1.29 is 4.79 Å². The first-order chi connectivity index (χ1) is 10.3. The molecule has 3 rings (SSSR count). The Kier molecular flexibility index (Phi) is 4.91. The molecular weight excluding hydrogens is 260 g/mol. The quantitative estimate of drug-likeness (QED) is 0.923. The smallest absolute Gasteiger partial charge is 0.236 e. The van der Waals surface area contributed by atoms with Gasteiger partial charge in [-0.15, -0.1) is 0 Å². The van der Waals surface area contributed by atoms with Gasteiger partial charge in [-0.25, -0.2) is 0 Å². The van der Waals surface area contributed by atoms with Crippen molar-refractivity contribution in [1.82, 2.24) is 10.2 Å². The monoisotopic (exact) mass is 286 g/mol. The summed E-state index contributed by atoms with van der Waals surface area (Å²) in [5.74, 6) is 0.850.